The summed E-state index contributed by atoms with van der Waals surface area (Å²) >= 11 is 0. The minimum absolute atomic E-state index is 0.0595. The Hall–Kier alpha value is -0.930. The summed E-state index contributed by atoms with van der Waals surface area (Å²) in [5.41, 5.74) is 1.88. The molecule has 82 valence electrons. The highest BCUT2D eigenvalue weighted by Crippen LogP contribution is 2.32. The zero-order valence-electron chi connectivity index (χ0n) is 8.83. The van der Waals surface area contributed by atoms with E-state index in [-0.39, 0.29) is 24.5 Å². The second-order valence-corrected chi connectivity index (χ2v) is 4.15. The van der Waals surface area contributed by atoms with Gasteiger partial charge in [0.2, 0.25) is 0 Å². The van der Waals surface area contributed by atoms with Gasteiger partial charge >= 0.3 is 0 Å². The smallest absolute Gasteiger partial charge is 0.126 e. The van der Waals surface area contributed by atoms with Gasteiger partial charge in [0, 0.05) is 12.1 Å². The highest BCUT2D eigenvalue weighted by Gasteiger charge is 2.25. The van der Waals surface area contributed by atoms with Crippen LogP contribution in [0, 0.1) is 5.82 Å². The minimum Gasteiger partial charge on any atom is -0.395 e. The van der Waals surface area contributed by atoms with E-state index in [4.69, 9.17) is 5.11 Å². The molecule has 1 aromatic carbocycles. The third kappa shape index (κ3) is 2.03. The lowest BCUT2D eigenvalue weighted by Gasteiger charge is -2.18. The van der Waals surface area contributed by atoms with Crippen LogP contribution in [-0.2, 0) is 6.42 Å². The molecular formula is C12H16FNO. The summed E-state index contributed by atoms with van der Waals surface area (Å²) in [4.78, 5) is 0. The molecule has 2 rings (SSSR count). The molecule has 0 radical (unpaired) electrons. The number of benzene rings is 1. The predicted octanol–water partition coefficient (Wildman–Crippen LogP) is 1.78. The Bertz CT molecular complexity index is 353. The summed E-state index contributed by atoms with van der Waals surface area (Å²) in [7, 11) is 0. The molecule has 0 aromatic heterocycles. The SMILES string of the molecule is CC(CO)NC1CCc2c(F)cccc21. The Morgan fingerprint density at radius 2 is 2.40 bits per heavy atom. The molecule has 2 nitrogen and oxygen atoms in total. The Morgan fingerprint density at radius 1 is 1.60 bits per heavy atom. The third-order valence-electron chi connectivity index (χ3n) is 2.97. The molecule has 0 amide bonds. The van der Waals surface area contributed by atoms with Gasteiger partial charge in [-0.1, -0.05) is 12.1 Å². The van der Waals surface area contributed by atoms with Gasteiger partial charge in [-0.15, -0.1) is 0 Å². The first-order valence-electron chi connectivity index (χ1n) is 5.36. The van der Waals surface area contributed by atoms with Gasteiger partial charge in [-0.2, -0.15) is 0 Å². The van der Waals surface area contributed by atoms with Crippen LogP contribution in [0.5, 0.6) is 0 Å². The van der Waals surface area contributed by atoms with Crippen LogP contribution in [0.3, 0.4) is 0 Å². The predicted molar refractivity (Wildman–Crippen MR) is 57.1 cm³/mol. The van der Waals surface area contributed by atoms with E-state index in [0.717, 1.165) is 24.0 Å². The van der Waals surface area contributed by atoms with Crippen molar-refractivity contribution in [1.29, 1.82) is 0 Å². The van der Waals surface area contributed by atoms with E-state index in [0.29, 0.717) is 0 Å². The molecule has 0 saturated heterocycles. The van der Waals surface area contributed by atoms with Crippen LogP contribution < -0.4 is 5.32 Å². The molecule has 1 aliphatic carbocycles. The standard InChI is InChI=1S/C12H16FNO/c1-8(7-15)14-12-6-5-9-10(12)3-2-4-11(9)13/h2-4,8,12,14-15H,5-7H2,1H3. The van der Waals surface area contributed by atoms with Crippen LogP contribution in [0.25, 0.3) is 0 Å². The second-order valence-electron chi connectivity index (χ2n) is 4.15. The van der Waals surface area contributed by atoms with Crippen molar-refractivity contribution in [1.82, 2.24) is 5.32 Å². The molecular weight excluding hydrogens is 193 g/mol. The normalized spacial score (nSPS) is 21.4. The third-order valence-corrected chi connectivity index (χ3v) is 2.97. The fraction of sp³-hybridized carbons (Fsp3) is 0.500. The number of aliphatic hydroxyl groups is 1. The molecule has 15 heavy (non-hydrogen) atoms. The Kier molecular flexibility index (Phi) is 3.03. The van der Waals surface area contributed by atoms with Crippen molar-refractivity contribution in [3.05, 3.63) is 35.1 Å². The van der Waals surface area contributed by atoms with Crippen molar-refractivity contribution in [2.24, 2.45) is 0 Å². The van der Waals surface area contributed by atoms with Gasteiger partial charge in [0.25, 0.3) is 0 Å². The summed E-state index contributed by atoms with van der Waals surface area (Å²) < 4.78 is 13.4. The molecule has 0 fully saturated rings. The zero-order chi connectivity index (χ0) is 10.8. The highest BCUT2D eigenvalue weighted by atomic mass is 19.1. The van der Waals surface area contributed by atoms with Crippen LogP contribution in [0.2, 0.25) is 0 Å². The van der Waals surface area contributed by atoms with Crippen molar-refractivity contribution >= 4 is 0 Å². The average molecular weight is 209 g/mol. The molecule has 0 bridgehead atoms. The Balaban J connectivity index is 2.18. The van der Waals surface area contributed by atoms with E-state index < -0.39 is 0 Å². The first kappa shape index (κ1) is 10.6. The first-order chi connectivity index (χ1) is 7.22. The van der Waals surface area contributed by atoms with Gasteiger partial charge in [-0.25, -0.2) is 4.39 Å². The monoisotopic (exact) mass is 209 g/mol. The van der Waals surface area contributed by atoms with Gasteiger partial charge < -0.3 is 10.4 Å². The topological polar surface area (TPSA) is 32.3 Å². The number of nitrogens with one attached hydrogen (secondary N) is 1. The molecule has 3 heteroatoms. The second kappa shape index (κ2) is 4.29. The van der Waals surface area contributed by atoms with Gasteiger partial charge in [-0.3, -0.25) is 0 Å². The Morgan fingerprint density at radius 3 is 3.13 bits per heavy atom. The molecule has 1 aliphatic rings. The van der Waals surface area contributed by atoms with Crippen LogP contribution in [0.1, 0.15) is 30.5 Å². The zero-order valence-corrected chi connectivity index (χ0v) is 8.83. The average Bonchev–Trinajstić information content (AvgIpc) is 2.63. The lowest BCUT2D eigenvalue weighted by atomic mass is 10.1. The number of halogens is 1. The fourth-order valence-corrected chi connectivity index (χ4v) is 2.18. The Labute approximate surface area is 89.1 Å². The van der Waals surface area contributed by atoms with Crippen LogP contribution in [-0.4, -0.2) is 17.8 Å². The van der Waals surface area contributed by atoms with E-state index >= 15 is 0 Å². The number of hydrogen-bond donors (Lipinski definition) is 2. The molecule has 2 N–H and O–H groups in total. The highest BCUT2D eigenvalue weighted by molar-refractivity contribution is 5.35. The lowest BCUT2D eigenvalue weighted by molar-refractivity contribution is 0.240. The van der Waals surface area contributed by atoms with Gasteiger partial charge in [0.15, 0.2) is 0 Å². The van der Waals surface area contributed by atoms with E-state index in [1.165, 1.54) is 6.07 Å². The van der Waals surface area contributed by atoms with Crippen molar-refractivity contribution < 1.29 is 9.50 Å². The van der Waals surface area contributed by atoms with Crippen LogP contribution in [0.4, 0.5) is 4.39 Å². The van der Waals surface area contributed by atoms with Gasteiger partial charge in [-0.05, 0) is 37.0 Å². The van der Waals surface area contributed by atoms with Crippen molar-refractivity contribution in [2.45, 2.75) is 31.8 Å². The minimum atomic E-state index is -0.103. The van der Waals surface area contributed by atoms with Crippen LogP contribution >= 0.6 is 0 Å². The molecule has 2 unspecified atom stereocenters. The maximum absolute atomic E-state index is 13.4. The summed E-state index contributed by atoms with van der Waals surface area (Å²) in [6.07, 6.45) is 1.71. The first-order valence-corrected chi connectivity index (χ1v) is 5.36. The van der Waals surface area contributed by atoms with Gasteiger partial charge in [0.1, 0.15) is 5.82 Å². The summed E-state index contributed by atoms with van der Waals surface area (Å²) in [5, 5.41) is 12.3. The summed E-state index contributed by atoms with van der Waals surface area (Å²) in [5.74, 6) is -0.103. The van der Waals surface area contributed by atoms with E-state index in [1.54, 1.807) is 6.07 Å². The molecule has 0 saturated carbocycles. The van der Waals surface area contributed by atoms with Crippen molar-refractivity contribution in [3.63, 3.8) is 0 Å². The summed E-state index contributed by atoms with van der Waals surface area (Å²) in [6, 6.07) is 5.48. The summed E-state index contributed by atoms with van der Waals surface area (Å²) in [6.45, 7) is 2.04. The number of aliphatic hydroxyl groups excluding tert-OH is 1. The number of fused-ring (bicyclic) bond motifs is 1. The van der Waals surface area contributed by atoms with Gasteiger partial charge in [0.05, 0.1) is 6.61 Å². The van der Waals surface area contributed by atoms with E-state index in [2.05, 4.69) is 5.32 Å². The fourth-order valence-electron chi connectivity index (χ4n) is 2.18. The molecule has 2 atom stereocenters. The molecule has 0 aliphatic heterocycles. The number of hydrogen-bond acceptors (Lipinski definition) is 2. The van der Waals surface area contributed by atoms with Crippen molar-refractivity contribution in [2.75, 3.05) is 6.61 Å². The number of rotatable bonds is 3. The largest absolute Gasteiger partial charge is 0.395 e. The molecule has 1 aromatic rings. The van der Waals surface area contributed by atoms with E-state index in [1.807, 2.05) is 13.0 Å². The molecule has 0 heterocycles. The molecule has 0 spiro atoms. The maximum Gasteiger partial charge on any atom is 0.126 e. The van der Waals surface area contributed by atoms with E-state index in [9.17, 15) is 4.39 Å². The van der Waals surface area contributed by atoms with Crippen LogP contribution in [0.15, 0.2) is 18.2 Å². The lowest BCUT2D eigenvalue weighted by Crippen LogP contribution is -2.32. The quantitative estimate of drug-likeness (QED) is 0.795. The van der Waals surface area contributed by atoms with Crippen molar-refractivity contribution in [3.8, 4) is 0 Å². The maximum atomic E-state index is 13.4.